The van der Waals surface area contributed by atoms with Gasteiger partial charge in [-0.1, -0.05) is 6.07 Å². The van der Waals surface area contributed by atoms with Gasteiger partial charge in [0.05, 0.1) is 6.04 Å². The quantitative estimate of drug-likeness (QED) is 0.901. The van der Waals surface area contributed by atoms with Crippen molar-refractivity contribution >= 4 is 17.2 Å². The first-order chi connectivity index (χ1) is 8.29. The molecule has 1 amide bonds. The van der Waals surface area contributed by atoms with Crippen LogP contribution in [0, 0.1) is 0 Å². The highest BCUT2D eigenvalue weighted by molar-refractivity contribution is 7.10. The van der Waals surface area contributed by atoms with Crippen molar-refractivity contribution in [2.24, 2.45) is 0 Å². The lowest BCUT2D eigenvalue weighted by Crippen LogP contribution is -2.37. The highest BCUT2D eigenvalue weighted by Crippen LogP contribution is 2.19. The van der Waals surface area contributed by atoms with Crippen molar-refractivity contribution in [2.45, 2.75) is 32.2 Å². The van der Waals surface area contributed by atoms with Gasteiger partial charge < -0.3 is 10.1 Å². The molecule has 2 unspecified atom stereocenters. The third-order valence-electron chi connectivity index (χ3n) is 2.19. The second-order valence-electron chi connectivity index (χ2n) is 3.81. The number of nitrogens with one attached hydrogen (secondary N) is 1. The van der Waals surface area contributed by atoms with Gasteiger partial charge in [-0.2, -0.15) is 13.2 Å². The highest BCUT2D eigenvalue weighted by atomic mass is 32.1. The van der Waals surface area contributed by atoms with Gasteiger partial charge in [-0.3, -0.25) is 4.79 Å². The number of hydrogen-bond donors (Lipinski definition) is 1. The van der Waals surface area contributed by atoms with Crippen molar-refractivity contribution in [3.63, 3.8) is 0 Å². The summed E-state index contributed by atoms with van der Waals surface area (Å²) in [6.07, 6.45) is -5.55. The van der Waals surface area contributed by atoms with Crippen molar-refractivity contribution in [3.05, 3.63) is 22.4 Å². The summed E-state index contributed by atoms with van der Waals surface area (Å²) in [5.74, 6) is -0.555. The fraction of sp³-hybridized carbons (Fsp3) is 0.545. The SMILES string of the molecule is CC(OCC(F)(F)F)C(=O)NC(C)c1cccs1. The molecule has 102 valence electrons. The summed E-state index contributed by atoms with van der Waals surface area (Å²) in [5.41, 5.74) is 0. The maximum atomic E-state index is 11.9. The van der Waals surface area contributed by atoms with E-state index in [1.165, 1.54) is 18.3 Å². The van der Waals surface area contributed by atoms with Crippen LogP contribution in [0.4, 0.5) is 13.2 Å². The fourth-order valence-electron chi connectivity index (χ4n) is 1.23. The van der Waals surface area contributed by atoms with Gasteiger partial charge in [0.1, 0.15) is 12.7 Å². The summed E-state index contributed by atoms with van der Waals surface area (Å²) >= 11 is 1.47. The number of ether oxygens (including phenoxy) is 1. The number of carbonyl (C=O) groups is 1. The lowest BCUT2D eigenvalue weighted by molar-refractivity contribution is -0.185. The van der Waals surface area contributed by atoms with Gasteiger partial charge in [0, 0.05) is 4.88 Å². The molecule has 0 fully saturated rings. The average molecular weight is 281 g/mol. The Kier molecular flexibility index (Phi) is 5.15. The molecule has 0 aliphatic heterocycles. The van der Waals surface area contributed by atoms with Gasteiger partial charge in [0.15, 0.2) is 0 Å². The Bertz CT molecular complexity index is 378. The van der Waals surface area contributed by atoms with Gasteiger partial charge in [-0.05, 0) is 25.3 Å². The average Bonchev–Trinajstić information content (AvgIpc) is 2.77. The Morgan fingerprint density at radius 2 is 2.17 bits per heavy atom. The molecule has 0 bridgehead atoms. The molecule has 1 rings (SSSR count). The predicted molar refractivity (Wildman–Crippen MR) is 62.3 cm³/mol. The molecule has 1 aromatic rings. The van der Waals surface area contributed by atoms with Crippen molar-refractivity contribution in [2.75, 3.05) is 6.61 Å². The first kappa shape index (κ1) is 15.0. The third kappa shape index (κ3) is 5.05. The highest BCUT2D eigenvalue weighted by Gasteiger charge is 2.30. The zero-order chi connectivity index (χ0) is 13.8. The second kappa shape index (κ2) is 6.19. The van der Waals surface area contributed by atoms with Crippen molar-refractivity contribution < 1.29 is 22.7 Å². The van der Waals surface area contributed by atoms with Gasteiger partial charge >= 0.3 is 6.18 Å². The summed E-state index contributed by atoms with van der Waals surface area (Å²) in [6.45, 7) is 1.64. The molecule has 0 spiro atoms. The molecule has 3 nitrogen and oxygen atoms in total. The number of halogens is 3. The van der Waals surface area contributed by atoms with E-state index in [2.05, 4.69) is 10.1 Å². The Morgan fingerprint density at radius 1 is 1.50 bits per heavy atom. The molecule has 0 aliphatic rings. The maximum Gasteiger partial charge on any atom is 0.411 e. The molecule has 18 heavy (non-hydrogen) atoms. The van der Waals surface area contributed by atoms with Crippen LogP contribution in [-0.2, 0) is 9.53 Å². The molecule has 1 heterocycles. The van der Waals surface area contributed by atoms with E-state index in [1.54, 1.807) is 6.92 Å². The monoisotopic (exact) mass is 281 g/mol. The van der Waals surface area contributed by atoms with Crippen molar-refractivity contribution in [3.8, 4) is 0 Å². The summed E-state index contributed by atoms with van der Waals surface area (Å²) in [5, 5.41) is 4.46. The Morgan fingerprint density at radius 3 is 2.67 bits per heavy atom. The lowest BCUT2D eigenvalue weighted by Gasteiger charge is -2.17. The molecule has 0 saturated carbocycles. The Hall–Kier alpha value is -1.08. The zero-order valence-electron chi connectivity index (χ0n) is 9.95. The number of rotatable bonds is 5. The fourth-order valence-corrected chi connectivity index (χ4v) is 1.97. The molecule has 0 radical (unpaired) electrons. The summed E-state index contributed by atoms with van der Waals surface area (Å²) in [6, 6.07) is 3.44. The predicted octanol–water partition coefficient (Wildman–Crippen LogP) is 2.89. The first-order valence-corrected chi connectivity index (χ1v) is 6.19. The largest absolute Gasteiger partial charge is 0.411 e. The van der Waals surface area contributed by atoms with Gasteiger partial charge in [0.25, 0.3) is 0 Å². The van der Waals surface area contributed by atoms with E-state index in [-0.39, 0.29) is 6.04 Å². The van der Waals surface area contributed by atoms with Gasteiger partial charge in [0.2, 0.25) is 5.91 Å². The minimum absolute atomic E-state index is 0.241. The van der Waals surface area contributed by atoms with E-state index in [4.69, 9.17) is 0 Å². The van der Waals surface area contributed by atoms with Crippen LogP contribution >= 0.6 is 11.3 Å². The standard InChI is InChI=1S/C11H14F3NO2S/c1-7(9-4-3-5-18-9)15-10(16)8(2)17-6-11(12,13)14/h3-5,7-8H,6H2,1-2H3,(H,15,16). The maximum absolute atomic E-state index is 11.9. The normalized spacial score (nSPS) is 15.2. The number of amides is 1. The van der Waals surface area contributed by atoms with Gasteiger partial charge in [-0.15, -0.1) is 11.3 Å². The van der Waals surface area contributed by atoms with Crippen LogP contribution in [-0.4, -0.2) is 24.8 Å². The summed E-state index contributed by atoms with van der Waals surface area (Å²) < 4.78 is 40.2. The lowest BCUT2D eigenvalue weighted by atomic mass is 10.2. The van der Waals surface area contributed by atoms with Crippen LogP contribution in [0.5, 0.6) is 0 Å². The molecule has 0 saturated heterocycles. The molecule has 0 aromatic carbocycles. The third-order valence-corrected chi connectivity index (χ3v) is 3.25. The molecule has 2 atom stereocenters. The summed E-state index contributed by atoms with van der Waals surface area (Å²) in [4.78, 5) is 12.5. The number of thiophene rings is 1. The van der Waals surface area contributed by atoms with E-state index in [0.29, 0.717) is 0 Å². The molecule has 1 aromatic heterocycles. The van der Waals surface area contributed by atoms with Crippen molar-refractivity contribution in [1.29, 1.82) is 0 Å². The number of carbonyl (C=O) groups excluding carboxylic acids is 1. The smallest absolute Gasteiger partial charge is 0.359 e. The van der Waals surface area contributed by atoms with Crippen LogP contribution in [0.3, 0.4) is 0 Å². The van der Waals surface area contributed by atoms with Crippen LogP contribution in [0.15, 0.2) is 17.5 Å². The van der Waals surface area contributed by atoms with Crippen molar-refractivity contribution in [1.82, 2.24) is 5.32 Å². The molecular weight excluding hydrogens is 267 g/mol. The first-order valence-electron chi connectivity index (χ1n) is 5.31. The van der Waals surface area contributed by atoms with Crippen LogP contribution in [0.1, 0.15) is 24.8 Å². The molecule has 7 heteroatoms. The Balaban J connectivity index is 2.40. The second-order valence-corrected chi connectivity index (χ2v) is 4.79. The van der Waals surface area contributed by atoms with E-state index < -0.39 is 24.8 Å². The minimum atomic E-state index is -4.42. The van der Waals surface area contributed by atoms with Crippen LogP contribution in [0.2, 0.25) is 0 Å². The molecule has 0 aliphatic carbocycles. The van der Waals surface area contributed by atoms with E-state index >= 15 is 0 Å². The Labute approximate surface area is 107 Å². The van der Waals surface area contributed by atoms with E-state index in [0.717, 1.165) is 4.88 Å². The van der Waals surface area contributed by atoms with Crippen LogP contribution in [0.25, 0.3) is 0 Å². The van der Waals surface area contributed by atoms with E-state index in [9.17, 15) is 18.0 Å². The molecule has 1 N–H and O–H groups in total. The summed E-state index contributed by atoms with van der Waals surface area (Å²) in [7, 11) is 0. The minimum Gasteiger partial charge on any atom is -0.359 e. The van der Waals surface area contributed by atoms with E-state index in [1.807, 2.05) is 17.5 Å². The number of alkyl halides is 3. The zero-order valence-corrected chi connectivity index (χ0v) is 10.8. The number of hydrogen-bond acceptors (Lipinski definition) is 3. The van der Waals surface area contributed by atoms with Crippen LogP contribution < -0.4 is 5.32 Å². The van der Waals surface area contributed by atoms with Gasteiger partial charge in [-0.25, -0.2) is 0 Å². The molecular formula is C11H14F3NO2S. The topological polar surface area (TPSA) is 38.3 Å².